The molecule has 1 atom stereocenters. The Bertz CT molecular complexity index is 244. The van der Waals surface area contributed by atoms with Gasteiger partial charge in [-0.1, -0.05) is 72.1 Å². The van der Waals surface area contributed by atoms with E-state index >= 15 is 0 Å². The van der Waals surface area contributed by atoms with E-state index in [9.17, 15) is 0 Å². The highest BCUT2D eigenvalue weighted by Crippen LogP contribution is 2.32. The maximum atomic E-state index is 8.74. The summed E-state index contributed by atoms with van der Waals surface area (Å²) in [6.07, 6.45) is 14.0. The van der Waals surface area contributed by atoms with Gasteiger partial charge in [0.15, 0.2) is 0 Å². The maximum absolute atomic E-state index is 8.74. The standard InChI is InChI=1S/C20H40O2/c1-17(2)6-4-7-18(3)8-5-9-19-10-12-20(13-11-19)16-22-15-14-21/h17-21H,4-16H2,1-3H3. The molecule has 2 nitrogen and oxygen atoms in total. The van der Waals surface area contributed by atoms with Gasteiger partial charge in [-0.05, 0) is 36.5 Å². The minimum Gasteiger partial charge on any atom is -0.394 e. The van der Waals surface area contributed by atoms with Crippen LogP contribution in [-0.2, 0) is 4.74 Å². The van der Waals surface area contributed by atoms with E-state index in [0.717, 1.165) is 30.3 Å². The third-order valence-electron chi connectivity index (χ3n) is 5.34. The second-order valence-electron chi connectivity index (χ2n) is 8.05. The zero-order chi connectivity index (χ0) is 16.2. The first-order chi connectivity index (χ1) is 10.6. The highest BCUT2D eigenvalue weighted by molar-refractivity contribution is 4.73. The molecule has 0 heterocycles. The van der Waals surface area contributed by atoms with E-state index in [1.54, 1.807) is 0 Å². The minimum atomic E-state index is 0.157. The van der Waals surface area contributed by atoms with Gasteiger partial charge in [0.05, 0.1) is 13.2 Å². The number of rotatable bonds is 12. The summed E-state index contributed by atoms with van der Waals surface area (Å²) in [5.41, 5.74) is 0. The van der Waals surface area contributed by atoms with Crippen molar-refractivity contribution in [2.24, 2.45) is 23.7 Å². The van der Waals surface area contributed by atoms with Crippen LogP contribution in [0.4, 0.5) is 0 Å². The molecule has 0 radical (unpaired) electrons. The average molecular weight is 313 g/mol. The Morgan fingerprint density at radius 2 is 1.55 bits per heavy atom. The molecule has 0 bridgehead atoms. The normalized spacial score (nSPS) is 23.9. The van der Waals surface area contributed by atoms with Crippen molar-refractivity contribution >= 4 is 0 Å². The van der Waals surface area contributed by atoms with E-state index in [1.165, 1.54) is 64.2 Å². The lowest BCUT2D eigenvalue weighted by Crippen LogP contribution is -2.19. The Hall–Kier alpha value is -0.0800. The molecule has 0 aromatic rings. The van der Waals surface area contributed by atoms with Crippen LogP contribution < -0.4 is 0 Å². The highest BCUT2D eigenvalue weighted by atomic mass is 16.5. The predicted octanol–water partition coefficient (Wildman–Crippen LogP) is 5.43. The fraction of sp³-hybridized carbons (Fsp3) is 1.00. The molecule has 1 unspecified atom stereocenters. The molecule has 1 rings (SSSR count). The van der Waals surface area contributed by atoms with E-state index in [1.807, 2.05) is 0 Å². The summed E-state index contributed by atoms with van der Waals surface area (Å²) >= 11 is 0. The van der Waals surface area contributed by atoms with Crippen LogP contribution in [0.1, 0.15) is 85.0 Å². The van der Waals surface area contributed by atoms with E-state index < -0.39 is 0 Å². The van der Waals surface area contributed by atoms with Gasteiger partial charge in [-0.25, -0.2) is 0 Å². The molecule has 1 aliphatic rings. The monoisotopic (exact) mass is 312 g/mol. The molecule has 1 fully saturated rings. The summed E-state index contributed by atoms with van der Waals surface area (Å²) in [7, 11) is 0. The van der Waals surface area contributed by atoms with Gasteiger partial charge in [0.2, 0.25) is 0 Å². The van der Waals surface area contributed by atoms with Crippen LogP contribution in [0.2, 0.25) is 0 Å². The molecule has 0 aliphatic heterocycles. The van der Waals surface area contributed by atoms with Gasteiger partial charge in [0, 0.05) is 6.61 Å². The van der Waals surface area contributed by atoms with Crippen molar-refractivity contribution < 1.29 is 9.84 Å². The minimum absolute atomic E-state index is 0.157. The topological polar surface area (TPSA) is 29.5 Å². The molecular weight excluding hydrogens is 272 g/mol. The molecule has 0 amide bonds. The average Bonchev–Trinajstić information content (AvgIpc) is 2.49. The first-order valence-corrected chi connectivity index (χ1v) is 9.80. The number of aliphatic hydroxyl groups excluding tert-OH is 1. The zero-order valence-corrected chi connectivity index (χ0v) is 15.4. The van der Waals surface area contributed by atoms with Crippen molar-refractivity contribution in [2.45, 2.75) is 85.0 Å². The first-order valence-electron chi connectivity index (χ1n) is 9.80. The summed E-state index contributed by atoms with van der Waals surface area (Å²) in [6.45, 7) is 8.63. The molecule has 1 aliphatic carbocycles. The van der Waals surface area contributed by atoms with Gasteiger partial charge >= 0.3 is 0 Å². The van der Waals surface area contributed by atoms with E-state index in [0.29, 0.717) is 6.61 Å². The second kappa shape index (κ2) is 12.4. The third-order valence-corrected chi connectivity index (χ3v) is 5.34. The van der Waals surface area contributed by atoms with Crippen LogP contribution in [0.5, 0.6) is 0 Å². The van der Waals surface area contributed by atoms with Gasteiger partial charge in [0.25, 0.3) is 0 Å². The lowest BCUT2D eigenvalue weighted by Gasteiger charge is -2.28. The number of aliphatic hydroxyl groups is 1. The molecule has 22 heavy (non-hydrogen) atoms. The van der Waals surface area contributed by atoms with Crippen LogP contribution in [-0.4, -0.2) is 24.9 Å². The Balaban J connectivity index is 1.98. The Morgan fingerprint density at radius 3 is 2.18 bits per heavy atom. The number of hydrogen-bond acceptors (Lipinski definition) is 2. The Kier molecular flexibility index (Phi) is 11.2. The van der Waals surface area contributed by atoms with Gasteiger partial charge in [-0.15, -0.1) is 0 Å². The largest absolute Gasteiger partial charge is 0.394 e. The van der Waals surface area contributed by atoms with Crippen LogP contribution >= 0.6 is 0 Å². The lowest BCUT2D eigenvalue weighted by atomic mass is 9.79. The molecular formula is C20H40O2. The molecule has 0 spiro atoms. The number of ether oxygens (including phenoxy) is 1. The van der Waals surface area contributed by atoms with Crippen molar-refractivity contribution in [3.63, 3.8) is 0 Å². The molecule has 0 aromatic heterocycles. The van der Waals surface area contributed by atoms with Crippen LogP contribution in [0, 0.1) is 23.7 Å². The fourth-order valence-electron chi connectivity index (χ4n) is 3.78. The van der Waals surface area contributed by atoms with E-state index in [-0.39, 0.29) is 6.61 Å². The number of hydrogen-bond donors (Lipinski definition) is 1. The summed E-state index contributed by atoms with van der Waals surface area (Å²) in [5, 5.41) is 8.74. The molecule has 1 N–H and O–H groups in total. The van der Waals surface area contributed by atoms with Crippen molar-refractivity contribution in [3.8, 4) is 0 Å². The first kappa shape index (κ1) is 20.0. The van der Waals surface area contributed by atoms with E-state index in [4.69, 9.17) is 9.84 Å². The summed E-state index contributed by atoms with van der Waals surface area (Å²) < 4.78 is 5.47. The van der Waals surface area contributed by atoms with Crippen molar-refractivity contribution in [2.75, 3.05) is 19.8 Å². The summed E-state index contributed by atoms with van der Waals surface area (Å²) in [6, 6.07) is 0. The quantitative estimate of drug-likeness (QED) is 0.487. The second-order valence-corrected chi connectivity index (χ2v) is 8.05. The van der Waals surface area contributed by atoms with Gasteiger partial charge < -0.3 is 9.84 Å². The molecule has 0 aromatic carbocycles. The van der Waals surface area contributed by atoms with Crippen LogP contribution in [0.3, 0.4) is 0 Å². The third kappa shape index (κ3) is 9.84. The lowest BCUT2D eigenvalue weighted by molar-refractivity contribution is 0.0523. The zero-order valence-electron chi connectivity index (χ0n) is 15.4. The van der Waals surface area contributed by atoms with Gasteiger partial charge in [-0.2, -0.15) is 0 Å². The van der Waals surface area contributed by atoms with Crippen LogP contribution in [0.15, 0.2) is 0 Å². The smallest absolute Gasteiger partial charge is 0.0697 e. The molecule has 132 valence electrons. The van der Waals surface area contributed by atoms with Gasteiger partial charge in [-0.3, -0.25) is 0 Å². The Labute approximate surface area is 139 Å². The molecule has 0 saturated heterocycles. The van der Waals surface area contributed by atoms with Crippen molar-refractivity contribution in [1.82, 2.24) is 0 Å². The van der Waals surface area contributed by atoms with Gasteiger partial charge in [0.1, 0.15) is 0 Å². The summed E-state index contributed by atoms with van der Waals surface area (Å²) in [5.74, 6) is 3.50. The fourth-order valence-corrected chi connectivity index (χ4v) is 3.78. The Morgan fingerprint density at radius 1 is 0.909 bits per heavy atom. The highest BCUT2D eigenvalue weighted by Gasteiger charge is 2.21. The molecule has 2 heteroatoms. The predicted molar refractivity (Wildman–Crippen MR) is 95.1 cm³/mol. The maximum Gasteiger partial charge on any atom is 0.0697 e. The van der Waals surface area contributed by atoms with E-state index in [2.05, 4.69) is 20.8 Å². The molecule has 1 saturated carbocycles. The van der Waals surface area contributed by atoms with Crippen molar-refractivity contribution in [3.05, 3.63) is 0 Å². The summed E-state index contributed by atoms with van der Waals surface area (Å²) in [4.78, 5) is 0. The van der Waals surface area contributed by atoms with Crippen molar-refractivity contribution in [1.29, 1.82) is 0 Å². The SMILES string of the molecule is CC(C)CCCC(C)CCCC1CCC(COCCO)CC1. The van der Waals surface area contributed by atoms with Crippen LogP contribution in [0.25, 0.3) is 0 Å².